The molecule has 2 aromatic carbocycles. The van der Waals surface area contributed by atoms with E-state index in [2.05, 4.69) is 4.72 Å². The average Bonchev–Trinajstić information content (AvgIpc) is 2.64. The number of amides is 1. The van der Waals surface area contributed by atoms with Crippen molar-refractivity contribution in [3.8, 4) is 0 Å². The summed E-state index contributed by atoms with van der Waals surface area (Å²) in [6.07, 6.45) is 0.829. The zero-order valence-corrected chi connectivity index (χ0v) is 16.3. The van der Waals surface area contributed by atoms with Crippen LogP contribution in [0.15, 0.2) is 47.4 Å². The number of aliphatic hydroxyl groups excluding tert-OH is 1. The van der Waals surface area contributed by atoms with Crippen LogP contribution in [-0.2, 0) is 10.0 Å². The Morgan fingerprint density at radius 3 is 2.26 bits per heavy atom. The number of aliphatic hydroxyl groups is 1. The van der Waals surface area contributed by atoms with E-state index in [1.807, 2.05) is 13.8 Å². The molecule has 1 aliphatic heterocycles. The van der Waals surface area contributed by atoms with Gasteiger partial charge in [0.15, 0.2) is 0 Å². The molecule has 2 aromatic rings. The summed E-state index contributed by atoms with van der Waals surface area (Å²) in [5.74, 6) is -0.106. The first-order chi connectivity index (χ1) is 12.8. The third kappa shape index (κ3) is 4.48. The second kappa shape index (κ2) is 7.70. The summed E-state index contributed by atoms with van der Waals surface area (Å²) in [5, 5.41) is 9.55. The minimum absolute atomic E-state index is 0.106. The van der Waals surface area contributed by atoms with Gasteiger partial charge in [-0.1, -0.05) is 6.07 Å². The molecule has 1 fully saturated rings. The molecule has 27 heavy (non-hydrogen) atoms. The molecule has 0 saturated carbocycles. The van der Waals surface area contributed by atoms with Crippen molar-refractivity contribution in [2.45, 2.75) is 37.7 Å². The number of hydrogen-bond donors (Lipinski definition) is 2. The van der Waals surface area contributed by atoms with Crippen LogP contribution in [0.1, 0.15) is 34.3 Å². The van der Waals surface area contributed by atoms with E-state index in [9.17, 15) is 18.3 Å². The van der Waals surface area contributed by atoms with Crippen LogP contribution in [0.2, 0.25) is 0 Å². The molecular formula is C20H24N2O4S. The molecule has 0 aliphatic carbocycles. The molecule has 0 unspecified atom stereocenters. The Morgan fingerprint density at radius 1 is 1.04 bits per heavy atom. The number of hydrogen-bond acceptors (Lipinski definition) is 4. The molecule has 144 valence electrons. The van der Waals surface area contributed by atoms with E-state index in [1.54, 1.807) is 47.4 Å². The molecule has 7 heteroatoms. The van der Waals surface area contributed by atoms with Crippen LogP contribution in [0.3, 0.4) is 0 Å². The Balaban J connectivity index is 1.71. The van der Waals surface area contributed by atoms with Gasteiger partial charge in [-0.15, -0.1) is 0 Å². The van der Waals surface area contributed by atoms with Crippen molar-refractivity contribution in [2.24, 2.45) is 0 Å². The van der Waals surface area contributed by atoms with Crippen LogP contribution in [0.4, 0.5) is 5.69 Å². The highest BCUT2D eigenvalue weighted by molar-refractivity contribution is 7.92. The third-order valence-electron chi connectivity index (χ3n) is 4.92. The van der Waals surface area contributed by atoms with Crippen molar-refractivity contribution >= 4 is 21.6 Å². The lowest BCUT2D eigenvalue weighted by molar-refractivity contribution is 0.0546. The summed E-state index contributed by atoms with van der Waals surface area (Å²) in [6.45, 7) is 4.86. The van der Waals surface area contributed by atoms with E-state index in [0.717, 1.165) is 11.1 Å². The molecule has 1 aliphatic rings. The predicted octanol–water partition coefficient (Wildman–Crippen LogP) is 2.70. The minimum Gasteiger partial charge on any atom is -0.393 e. The molecule has 0 atom stereocenters. The van der Waals surface area contributed by atoms with E-state index in [-0.39, 0.29) is 16.9 Å². The number of nitrogens with one attached hydrogen (secondary N) is 1. The normalized spacial score (nSPS) is 15.6. The van der Waals surface area contributed by atoms with Crippen molar-refractivity contribution in [3.63, 3.8) is 0 Å². The van der Waals surface area contributed by atoms with Crippen molar-refractivity contribution in [1.82, 2.24) is 4.90 Å². The van der Waals surface area contributed by atoms with Gasteiger partial charge in [-0.3, -0.25) is 9.52 Å². The molecule has 0 radical (unpaired) electrons. The first-order valence-electron chi connectivity index (χ1n) is 8.94. The SMILES string of the molecule is Cc1ccc(S(=O)(=O)Nc2ccc(C(=O)N3CCC(O)CC3)cc2)cc1C. The first-order valence-corrected chi connectivity index (χ1v) is 10.4. The summed E-state index contributed by atoms with van der Waals surface area (Å²) in [5.41, 5.74) is 2.84. The van der Waals surface area contributed by atoms with Gasteiger partial charge < -0.3 is 10.0 Å². The highest BCUT2D eigenvalue weighted by atomic mass is 32.2. The predicted molar refractivity (Wildman–Crippen MR) is 104 cm³/mol. The number of likely N-dealkylation sites (tertiary alicyclic amines) is 1. The van der Waals surface area contributed by atoms with E-state index >= 15 is 0 Å². The standard InChI is InChI=1S/C20H24N2O4S/c1-14-3-8-19(13-15(14)2)27(25,26)21-17-6-4-16(5-7-17)20(24)22-11-9-18(23)10-12-22/h3-8,13,18,21,23H,9-12H2,1-2H3. The number of carbonyl (C=O) groups excluding carboxylic acids is 1. The van der Waals surface area contributed by atoms with Gasteiger partial charge in [0.25, 0.3) is 15.9 Å². The molecular weight excluding hydrogens is 364 g/mol. The second-order valence-electron chi connectivity index (χ2n) is 6.95. The van der Waals surface area contributed by atoms with Gasteiger partial charge in [-0.05, 0) is 74.2 Å². The number of anilines is 1. The molecule has 0 aromatic heterocycles. The molecule has 0 spiro atoms. The zero-order valence-electron chi connectivity index (χ0n) is 15.5. The van der Waals surface area contributed by atoms with E-state index in [0.29, 0.717) is 37.2 Å². The average molecular weight is 388 g/mol. The first kappa shape index (κ1) is 19.4. The lowest BCUT2D eigenvalue weighted by Crippen LogP contribution is -2.40. The van der Waals surface area contributed by atoms with Gasteiger partial charge in [0.1, 0.15) is 0 Å². The maximum absolute atomic E-state index is 12.6. The highest BCUT2D eigenvalue weighted by Gasteiger charge is 2.22. The fourth-order valence-electron chi connectivity index (χ4n) is 3.03. The van der Waals surface area contributed by atoms with Gasteiger partial charge in [-0.25, -0.2) is 8.42 Å². The van der Waals surface area contributed by atoms with Gasteiger partial charge in [0.2, 0.25) is 0 Å². The van der Waals surface area contributed by atoms with Crippen LogP contribution in [-0.4, -0.2) is 43.5 Å². The Hall–Kier alpha value is -2.38. The Morgan fingerprint density at radius 2 is 1.67 bits per heavy atom. The largest absolute Gasteiger partial charge is 0.393 e. The number of piperidine rings is 1. The summed E-state index contributed by atoms with van der Waals surface area (Å²) >= 11 is 0. The molecule has 1 heterocycles. The lowest BCUT2D eigenvalue weighted by Gasteiger charge is -2.29. The van der Waals surface area contributed by atoms with Gasteiger partial charge in [0.05, 0.1) is 11.0 Å². The molecule has 1 amide bonds. The molecule has 0 bridgehead atoms. The fourth-order valence-corrected chi connectivity index (χ4v) is 4.17. The maximum atomic E-state index is 12.6. The smallest absolute Gasteiger partial charge is 0.261 e. The van der Waals surface area contributed by atoms with Crippen molar-refractivity contribution < 1.29 is 18.3 Å². The van der Waals surface area contributed by atoms with E-state index < -0.39 is 10.0 Å². The quantitative estimate of drug-likeness (QED) is 0.843. The zero-order chi connectivity index (χ0) is 19.6. The van der Waals surface area contributed by atoms with Crippen molar-refractivity contribution in [3.05, 3.63) is 59.2 Å². The number of nitrogens with zero attached hydrogens (tertiary/aromatic N) is 1. The highest BCUT2D eigenvalue weighted by Crippen LogP contribution is 2.20. The summed E-state index contributed by atoms with van der Waals surface area (Å²) in [4.78, 5) is 14.4. The molecule has 2 N–H and O–H groups in total. The second-order valence-corrected chi connectivity index (χ2v) is 8.63. The Labute approximate surface area is 159 Å². The summed E-state index contributed by atoms with van der Waals surface area (Å²) in [7, 11) is -3.69. The van der Waals surface area contributed by atoms with Crippen molar-refractivity contribution in [1.29, 1.82) is 0 Å². The van der Waals surface area contributed by atoms with E-state index in [1.165, 1.54) is 0 Å². The molecule has 3 rings (SSSR count). The minimum atomic E-state index is -3.69. The Bertz CT molecular complexity index is 931. The van der Waals surface area contributed by atoms with Gasteiger partial charge in [-0.2, -0.15) is 0 Å². The number of benzene rings is 2. The number of rotatable bonds is 4. The fraction of sp³-hybridized carbons (Fsp3) is 0.350. The number of sulfonamides is 1. The topological polar surface area (TPSA) is 86.7 Å². The monoisotopic (exact) mass is 388 g/mol. The summed E-state index contributed by atoms with van der Waals surface area (Å²) < 4.78 is 27.7. The number of carbonyl (C=O) groups is 1. The number of aryl methyl sites for hydroxylation is 2. The van der Waals surface area contributed by atoms with Crippen molar-refractivity contribution in [2.75, 3.05) is 17.8 Å². The van der Waals surface area contributed by atoms with Crippen LogP contribution >= 0.6 is 0 Å². The van der Waals surface area contributed by atoms with Gasteiger partial charge >= 0.3 is 0 Å². The van der Waals surface area contributed by atoms with Crippen LogP contribution < -0.4 is 4.72 Å². The van der Waals surface area contributed by atoms with Crippen LogP contribution in [0.5, 0.6) is 0 Å². The van der Waals surface area contributed by atoms with Gasteiger partial charge in [0, 0.05) is 24.3 Å². The maximum Gasteiger partial charge on any atom is 0.261 e. The third-order valence-corrected chi connectivity index (χ3v) is 6.30. The summed E-state index contributed by atoms with van der Waals surface area (Å²) in [6, 6.07) is 11.4. The van der Waals surface area contributed by atoms with Crippen LogP contribution in [0.25, 0.3) is 0 Å². The van der Waals surface area contributed by atoms with E-state index in [4.69, 9.17) is 0 Å². The lowest BCUT2D eigenvalue weighted by atomic mass is 10.1. The molecule has 1 saturated heterocycles. The molecule has 6 nitrogen and oxygen atoms in total. The van der Waals surface area contributed by atoms with Crippen LogP contribution in [0, 0.1) is 13.8 Å². The Kier molecular flexibility index (Phi) is 5.53.